The minimum absolute atomic E-state index is 0.0932. The van der Waals surface area contributed by atoms with Gasteiger partial charge in [-0.2, -0.15) is 0 Å². The lowest BCUT2D eigenvalue weighted by molar-refractivity contribution is -0.121. The van der Waals surface area contributed by atoms with Crippen LogP contribution in [0.15, 0.2) is 30.4 Å². The van der Waals surface area contributed by atoms with Gasteiger partial charge in [-0.15, -0.1) is 0 Å². The van der Waals surface area contributed by atoms with Crippen LogP contribution >= 0.6 is 0 Å². The molecule has 4 heteroatoms. The second-order valence-corrected chi connectivity index (χ2v) is 8.26. The van der Waals surface area contributed by atoms with Gasteiger partial charge in [-0.3, -0.25) is 4.79 Å². The summed E-state index contributed by atoms with van der Waals surface area (Å²) in [7, 11) is 0. The first-order valence-corrected chi connectivity index (χ1v) is 12.1. The molecule has 0 aromatic heterocycles. The van der Waals surface area contributed by atoms with Crippen molar-refractivity contribution < 1.29 is 15.0 Å². The Hall–Kier alpha value is -1.97. The molecule has 0 aliphatic heterocycles. The molecule has 0 unspecified atom stereocenters. The maximum absolute atomic E-state index is 11.9. The summed E-state index contributed by atoms with van der Waals surface area (Å²) < 4.78 is 0. The number of benzene rings is 1. The van der Waals surface area contributed by atoms with Gasteiger partial charge in [0.1, 0.15) is 0 Å². The predicted molar refractivity (Wildman–Crippen MR) is 126 cm³/mol. The first-order chi connectivity index (χ1) is 14.6. The van der Waals surface area contributed by atoms with Gasteiger partial charge in [0.25, 0.3) is 0 Å². The number of phenols is 2. The van der Waals surface area contributed by atoms with E-state index in [1.807, 2.05) is 0 Å². The molecule has 0 bridgehead atoms. The molecule has 3 N–H and O–H groups in total. The van der Waals surface area contributed by atoms with E-state index in [4.69, 9.17) is 0 Å². The van der Waals surface area contributed by atoms with Gasteiger partial charge in [0.05, 0.1) is 0 Å². The molecule has 1 amide bonds. The summed E-state index contributed by atoms with van der Waals surface area (Å²) in [4.78, 5) is 11.9. The number of carbonyl (C=O) groups is 1. The molecular weight excluding hydrogens is 374 g/mol. The van der Waals surface area contributed by atoms with Gasteiger partial charge in [0.2, 0.25) is 5.91 Å². The lowest BCUT2D eigenvalue weighted by Crippen LogP contribution is -2.25. The highest BCUT2D eigenvalue weighted by Crippen LogP contribution is 2.24. The number of nitrogens with one attached hydrogen (secondary N) is 1. The van der Waals surface area contributed by atoms with Crippen molar-refractivity contribution in [1.82, 2.24) is 5.32 Å². The molecule has 1 aromatic rings. The summed E-state index contributed by atoms with van der Waals surface area (Å²) in [6.07, 6.45) is 22.3. The van der Waals surface area contributed by atoms with Crippen molar-refractivity contribution >= 4 is 5.91 Å². The van der Waals surface area contributed by atoms with E-state index in [1.165, 1.54) is 82.8 Å². The summed E-state index contributed by atoms with van der Waals surface area (Å²) in [6.45, 7) is 2.81. The number of hydrogen-bond donors (Lipinski definition) is 3. The summed E-state index contributed by atoms with van der Waals surface area (Å²) >= 11 is 0. The summed E-state index contributed by atoms with van der Waals surface area (Å²) in [5.41, 5.74) is 0.895. The first-order valence-electron chi connectivity index (χ1n) is 12.1. The van der Waals surface area contributed by atoms with Gasteiger partial charge < -0.3 is 15.5 Å². The third-order valence-corrected chi connectivity index (χ3v) is 5.44. The van der Waals surface area contributed by atoms with Gasteiger partial charge >= 0.3 is 0 Å². The lowest BCUT2D eigenvalue weighted by atomic mass is 10.1. The van der Waals surface area contributed by atoms with Crippen LogP contribution in [-0.2, 0) is 11.2 Å². The second kappa shape index (κ2) is 17.9. The number of phenolic OH excluding ortho intramolecular Hbond substituents is 2. The summed E-state index contributed by atoms with van der Waals surface area (Å²) in [5.74, 6) is -0.144. The zero-order valence-electron chi connectivity index (χ0n) is 19.0. The van der Waals surface area contributed by atoms with Crippen molar-refractivity contribution in [3.63, 3.8) is 0 Å². The molecule has 170 valence electrons. The molecule has 4 nitrogen and oxygen atoms in total. The predicted octanol–water partition coefficient (Wildman–Crippen LogP) is 6.79. The Morgan fingerprint density at radius 3 is 2.07 bits per heavy atom. The van der Waals surface area contributed by atoms with Gasteiger partial charge in [-0.25, -0.2) is 0 Å². The van der Waals surface area contributed by atoms with Crippen LogP contribution in [0.4, 0.5) is 0 Å². The maximum Gasteiger partial charge on any atom is 0.220 e. The number of amides is 1. The number of unbranched alkanes of at least 4 members (excludes halogenated alkanes) is 11. The average Bonchev–Trinajstić information content (AvgIpc) is 2.73. The van der Waals surface area contributed by atoms with E-state index in [-0.39, 0.29) is 17.4 Å². The minimum atomic E-state index is -0.119. The van der Waals surface area contributed by atoms with Gasteiger partial charge in [0, 0.05) is 13.0 Å². The number of aromatic hydroxyl groups is 2. The van der Waals surface area contributed by atoms with E-state index in [2.05, 4.69) is 24.4 Å². The van der Waals surface area contributed by atoms with Gasteiger partial charge in [-0.05, 0) is 56.2 Å². The largest absolute Gasteiger partial charge is 0.504 e. The summed E-state index contributed by atoms with van der Waals surface area (Å²) in [5, 5.41) is 21.7. The third-order valence-electron chi connectivity index (χ3n) is 5.44. The van der Waals surface area contributed by atoms with Crippen LogP contribution in [-0.4, -0.2) is 22.7 Å². The molecular formula is C26H43NO3. The highest BCUT2D eigenvalue weighted by molar-refractivity contribution is 5.75. The zero-order valence-corrected chi connectivity index (χ0v) is 19.0. The molecule has 0 heterocycles. The van der Waals surface area contributed by atoms with Gasteiger partial charge in [0.15, 0.2) is 11.5 Å². The zero-order chi connectivity index (χ0) is 21.9. The quantitative estimate of drug-likeness (QED) is 0.140. The molecule has 0 aliphatic rings. The van der Waals surface area contributed by atoms with Crippen molar-refractivity contribution in [2.24, 2.45) is 0 Å². The number of allylic oxidation sites excluding steroid dienone is 2. The van der Waals surface area contributed by atoms with Crippen LogP contribution in [0.25, 0.3) is 0 Å². The maximum atomic E-state index is 11.9. The lowest BCUT2D eigenvalue weighted by Gasteiger charge is -2.06. The van der Waals surface area contributed by atoms with Gasteiger partial charge in [-0.1, -0.05) is 76.5 Å². The van der Waals surface area contributed by atoms with Crippen molar-refractivity contribution in [3.8, 4) is 11.5 Å². The molecule has 0 aliphatic carbocycles. The van der Waals surface area contributed by atoms with E-state index < -0.39 is 0 Å². The van der Waals surface area contributed by atoms with Crippen LogP contribution in [0.1, 0.15) is 102 Å². The normalized spacial score (nSPS) is 11.2. The molecule has 0 saturated heterocycles. The van der Waals surface area contributed by atoms with E-state index in [9.17, 15) is 15.0 Å². The molecule has 0 fully saturated rings. The smallest absolute Gasteiger partial charge is 0.220 e. The second-order valence-electron chi connectivity index (χ2n) is 8.26. The van der Waals surface area contributed by atoms with E-state index >= 15 is 0 Å². The highest BCUT2D eigenvalue weighted by atomic mass is 16.3. The van der Waals surface area contributed by atoms with Crippen molar-refractivity contribution in [1.29, 1.82) is 0 Å². The van der Waals surface area contributed by atoms with Crippen LogP contribution in [0.3, 0.4) is 0 Å². The minimum Gasteiger partial charge on any atom is -0.504 e. The highest BCUT2D eigenvalue weighted by Gasteiger charge is 2.03. The number of carbonyl (C=O) groups excluding carboxylic acids is 1. The number of hydrogen-bond acceptors (Lipinski definition) is 3. The fourth-order valence-electron chi connectivity index (χ4n) is 3.52. The molecule has 0 atom stereocenters. The molecule has 0 radical (unpaired) electrons. The van der Waals surface area contributed by atoms with Crippen LogP contribution in [0.2, 0.25) is 0 Å². The Morgan fingerprint density at radius 1 is 0.833 bits per heavy atom. The average molecular weight is 418 g/mol. The molecule has 30 heavy (non-hydrogen) atoms. The molecule has 0 saturated carbocycles. The van der Waals surface area contributed by atoms with E-state index in [0.717, 1.165) is 18.4 Å². The van der Waals surface area contributed by atoms with E-state index in [1.54, 1.807) is 6.07 Å². The Morgan fingerprint density at radius 2 is 1.43 bits per heavy atom. The Balaban J connectivity index is 1.87. The van der Waals surface area contributed by atoms with Crippen LogP contribution < -0.4 is 5.32 Å². The fourth-order valence-corrected chi connectivity index (χ4v) is 3.52. The molecule has 0 spiro atoms. The molecule has 1 aromatic carbocycles. The number of rotatable bonds is 18. The van der Waals surface area contributed by atoms with Crippen molar-refractivity contribution in [2.75, 3.05) is 6.54 Å². The standard InChI is InChI=1S/C26H43NO3/c1-2-3-4-5-6-7-8-9-10-11-12-13-14-15-16-17-26(30)27-21-20-23-18-19-24(28)25(29)22-23/h9-10,18-19,22,28-29H,2-8,11-17,20-21H2,1H3,(H,27,30)/b10-9+. The van der Waals surface area contributed by atoms with E-state index in [0.29, 0.717) is 19.4 Å². The summed E-state index contributed by atoms with van der Waals surface area (Å²) in [6, 6.07) is 4.76. The van der Waals surface area contributed by atoms with Crippen molar-refractivity contribution in [2.45, 2.75) is 103 Å². The Bertz CT molecular complexity index is 598. The van der Waals surface area contributed by atoms with Crippen LogP contribution in [0.5, 0.6) is 11.5 Å². The van der Waals surface area contributed by atoms with Crippen LogP contribution in [0, 0.1) is 0 Å². The topological polar surface area (TPSA) is 69.6 Å². The van der Waals surface area contributed by atoms with Crippen molar-refractivity contribution in [3.05, 3.63) is 35.9 Å². The Kier molecular flexibility index (Phi) is 15.5. The third kappa shape index (κ3) is 14.1. The SMILES string of the molecule is CCCCCCCC/C=C/CCCCCCCC(=O)NCCc1ccc(O)c(O)c1. The fraction of sp³-hybridized carbons (Fsp3) is 0.654. The first kappa shape index (κ1) is 26.1. The monoisotopic (exact) mass is 417 g/mol. The molecule has 1 rings (SSSR count). The Labute approximate surface area is 183 Å².